The van der Waals surface area contributed by atoms with Crippen LogP contribution in [0.2, 0.25) is 0 Å². The maximum atomic E-state index is 12.3. The van der Waals surface area contributed by atoms with Gasteiger partial charge in [0.05, 0.1) is 20.1 Å². The van der Waals surface area contributed by atoms with Crippen molar-refractivity contribution in [3.63, 3.8) is 0 Å². The summed E-state index contributed by atoms with van der Waals surface area (Å²) in [6, 6.07) is 7.41. The zero-order valence-corrected chi connectivity index (χ0v) is 14.6. The van der Waals surface area contributed by atoms with Gasteiger partial charge in [-0.15, -0.1) is 0 Å². The van der Waals surface area contributed by atoms with E-state index in [2.05, 4.69) is 9.47 Å². The van der Waals surface area contributed by atoms with E-state index in [4.69, 9.17) is 4.42 Å². The quantitative estimate of drug-likeness (QED) is 0.703. The summed E-state index contributed by atoms with van der Waals surface area (Å²) in [6.07, 6.45) is 0.0923. The second-order valence-electron chi connectivity index (χ2n) is 5.62. The average Bonchev–Trinajstić information content (AvgIpc) is 2.95. The van der Waals surface area contributed by atoms with Gasteiger partial charge >= 0.3 is 12.6 Å². The number of halogens is 2. The monoisotopic (exact) mass is 367 g/mol. The molecule has 1 amide bonds. The molecule has 1 heterocycles. The number of benzene rings is 1. The molecule has 0 spiro atoms. The molecular weight excluding hydrogens is 348 g/mol. The molecule has 0 saturated heterocycles. The Kier molecular flexibility index (Phi) is 6.32. The second-order valence-corrected chi connectivity index (χ2v) is 5.62. The van der Waals surface area contributed by atoms with Crippen LogP contribution in [0, 0.1) is 6.92 Å². The minimum Gasteiger partial charge on any atom is -0.465 e. The van der Waals surface area contributed by atoms with E-state index in [0.29, 0.717) is 22.6 Å². The highest BCUT2D eigenvalue weighted by Crippen LogP contribution is 2.18. The van der Waals surface area contributed by atoms with Gasteiger partial charge in [-0.05, 0) is 30.7 Å². The fourth-order valence-electron chi connectivity index (χ4n) is 2.35. The number of nitrogens with zero attached hydrogens (tertiary/aromatic N) is 1. The van der Waals surface area contributed by atoms with Gasteiger partial charge in [0, 0.05) is 7.05 Å². The number of ether oxygens (including phenoxy) is 2. The molecule has 0 bridgehead atoms. The zero-order valence-electron chi connectivity index (χ0n) is 14.6. The van der Waals surface area contributed by atoms with Gasteiger partial charge in [-0.1, -0.05) is 12.1 Å². The fraction of sp³-hybridized carbons (Fsp3) is 0.333. The molecule has 0 atom stereocenters. The molecule has 2 rings (SSSR count). The highest BCUT2D eigenvalue weighted by molar-refractivity contribution is 5.90. The highest BCUT2D eigenvalue weighted by Gasteiger charge is 2.18. The lowest BCUT2D eigenvalue weighted by molar-refractivity contribution is -0.129. The van der Waals surface area contributed by atoms with Crippen LogP contribution in [-0.2, 0) is 22.5 Å². The molecule has 8 heteroatoms. The van der Waals surface area contributed by atoms with Gasteiger partial charge in [0.2, 0.25) is 5.91 Å². The predicted molar refractivity (Wildman–Crippen MR) is 88.0 cm³/mol. The number of carbonyl (C=O) groups is 2. The van der Waals surface area contributed by atoms with Crippen molar-refractivity contribution in [2.45, 2.75) is 26.5 Å². The third-order valence-electron chi connectivity index (χ3n) is 3.70. The number of hydrogen-bond donors (Lipinski definition) is 0. The molecule has 0 fully saturated rings. The average molecular weight is 367 g/mol. The summed E-state index contributed by atoms with van der Waals surface area (Å²) in [7, 11) is 2.88. The number of furan rings is 1. The Bertz CT molecular complexity index is 770. The van der Waals surface area contributed by atoms with E-state index >= 15 is 0 Å². The van der Waals surface area contributed by atoms with Crippen LogP contribution < -0.4 is 4.74 Å². The van der Waals surface area contributed by atoms with E-state index in [0.717, 1.165) is 0 Å². The first-order valence-corrected chi connectivity index (χ1v) is 7.75. The Balaban J connectivity index is 1.96. The van der Waals surface area contributed by atoms with Gasteiger partial charge in [-0.25, -0.2) is 4.79 Å². The van der Waals surface area contributed by atoms with Gasteiger partial charge in [0.15, 0.2) is 0 Å². The summed E-state index contributed by atoms with van der Waals surface area (Å²) in [5.41, 5.74) is 0.979. The van der Waals surface area contributed by atoms with Crippen LogP contribution >= 0.6 is 0 Å². The summed E-state index contributed by atoms with van der Waals surface area (Å²) in [4.78, 5) is 25.3. The summed E-state index contributed by atoms with van der Waals surface area (Å²) in [5, 5.41) is 0. The van der Waals surface area contributed by atoms with Gasteiger partial charge < -0.3 is 18.8 Å². The van der Waals surface area contributed by atoms with Crippen LogP contribution in [0.5, 0.6) is 5.75 Å². The summed E-state index contributed by atoms with van der Waals surface area (Å²) >= 11 is 0. The molecule has 0 aliphatic heterocycles. The first kappa shape index (κ1) is 19.4. The predicted octanol–water partition coefficient (Wildman–Crippen LogP) is 3.18. The van der Waals surface area contributed by atoms with Crippen molar-refractivity contribution in [3.8, 4) is 5.75 Å². The summed E-state index contributed by atoms with van der Waals surface area (Å²) in [5.74, 6) is 0.214. The van der Waals surface area contributed by atoms with Crippen molar-refractivity contribution in [2.75, 3.05) is 14.2 Å². The Morgan fingerprint density at radius 2 is 1.88 bits per heavy atom. The molecule has 1 aromatic heterocycles. The number of likely N-dealkylation sites (N-methyl/N-ethyl adjacent to an activating group) is 1. The number of hydrogen-bond acceptors (Lipinski definition) is 5. The topological polar surface area (TPSA) is 69.0 Å². The normalized spacial score (nSPS) is 10.7. The molecule has 140 valence electrons. The SMILES string of the molecule is COC(=O)c1cc(CN(C)C(=O)Cc2ccc(OC(F)F)cc2)oc1C. The molecule has 2 aromatic rings. The Morgan fingerprint density at radius 1 is 1.23 bits per heavy atom. The zero-order chi connectivity index (χ0) is 19.3. The first-order chi connectivity index (χ1) is 12.3. The van der Waals surface area contributed by atoms with Crippen LogP contribution in [-0.4, -0.2) is 37.5 Å². The van der Waals surface area contributed by atoms with Gasteiger partial charge in [0.1, 0.15) is 22.8 Å². The van der Waals surface area contributed by atoms with E-state index in [1.54, 1.807) is 32.2 Å². The van der Waals surface area contributed by atoms with E-state index in [9.17, 15) is 18.4 Å². The van der Waals surface area contributed by atoms with Crippen molar-refractivity contribution in [1.82, 2.24) is 4.90 Å². The van der Waals surface area contributed by atoms with E-state index < -0.39 is 12.6 Å². The standard InChI is InChI=1S/C18H19F2NO5/c1-11-15(17(23)24-3)9-14(25-11)10-21(2)16(22)8-12-4-6-13(7-5-12)26-18(19)20/h4-7,9,18H,8,10H2,1-3H3. The number of amides is 1. The van der Waals surface area contributed by atoms with Crippen molar-refractivity contribution >= 4 is 11.9 Å². The third kappa shape index (κ3) is 5.05. The van der Waals surface area contributed by atoms with Crippen LogP contribution in [0.1, 0.15) is 27.4 Å². The number of alkyl halides is 2. The number of aryl methyl sites for hydroxylation is 1. The first-order valence-electron chi connectivity index (χ1n) is 7.75. The molecule has 0 N–H and O–H groups in total. The lowest BCUT2D eigenvalue weighted by Crippen LogP contribution is -2.27. The van der Waals surface area contributed by atoms with Crippen molar-refractivity contribution in [1.29, 1.82) is 0 Å². The lowest BCUT2D eigenvalue weighted by Gasteiger charge is -2.16. The molecule has 0 unspecified atom stereocenters. The molecule has 0 aliphatic carbocycles. The summed E-state index contributed by atoms with van der Waals surface area (Å²) in [6.45, 7) is -1.07. The Labute approximate surface area is 149 Å². The number of methoxy groups -OCH3 is 1. The van der Waals surface area contributed by atoms with Crippen molar-refractivity contribution < 1.29 is 32.3 Å². The second kappa shape index (κ2) is 8.46. The van der Waals surface area contributed by atoms with Gasteiger partial charge in [-0.2, -0.15) is 8.78 Å². The molecule has 1 aromatic carbocycles. The molecule has 0 saturated carbocycles. The van der Waals surface area contributed by atoms with Gasteiger partial charge in [0.25, 0.3) is 0 Å². The largest absolute Gasteiger partial charge is 0.465 e. The minimum absolute atomic E-state index is 0.0333. The minimum atomic E-state index is -2.89. The highest BCUT2D eigenvalue weighted by atomic mass is 19.3. The maximum Gasteiger partial charge on any atom is 0.387 e. The van der Waals surface area contributed by atoms with Gasteiger partial charge in [-0.3, -0.25) is 4.79 Å². The fourth-order valence-corrected chi connectivity index (χ4v) is 2.35. The third-order valence-corrected chi connectivity index (χ3v) is 3.70. The lowest BCUT2D eigenvalue weighted by atomic mass is 10.1. The van der Waals surface area contributed by atoms with Crippen molar-refractivity contribution in [3.05, 3.63) is 53.0 Å². The smallest absolute Gasteiger partial charge is 0.387 e. The molecule has 6 nitrogen and oxygen atoms in total. The van der Waals surface area contributed by atoms with E-state index in [1.165, 1.54) is 24.1 Å². The van der Waals surface area contributed by atoms with Crippen molar-refractivity contribution in [2.24, 2.45) is 0 Å². The Morgan fingerprint density at radius 3 is 2.46 bits per heavy atom. The van der Waals surface area contributed by atoms with E-state index in [-0.39, 0.29) is 24.6 Å². The number of esters is 1. The van der Waals surface area contributed by atoms with E-state index in [1.807, 2.05) is 0 Å². The van der Waals surface area contributed by atoms with Crippen LogP contribution in [0.3, 0.4) is 0 Å². The van der Waals surface area contributed by atoms with Crippen LogP contribution in [0.4, 0.5) is 8.78 Å². The van der Waals surface area contributed by atoms with Crippen LogP contribution in [0.25, 0.3) is 0 Å². The molecule has 26 heavy (non-hydrogen) atoms. The molecular formula is C18H19F2NO5. The number of rotatable bonds is 7. The maximum absolute atomic E-state index is 12.3. The van der Waals surface area contributed by atoms with Crippen LogP contribution in [0.15, 0.2) is 34.7 Å². The Hall–Kier alpha value is -2.90. The summed E-state index contributed by atoms with van der Waals surface area (Å²) < 4.78 is 38.7. The molecule has 0 radical (unpaired) electrons. The molecule has 0 aliphatic rings. The number of carbonyl (C=O) groups excluding carboxylic acids is 2.